The fourth-order valence-corrected chi connectivity index (χ4v) is 3.08. The molecule has 7 heteroatoms. The van der Waals surface area contributed by atoms with Gasteiger partial charge in [0, 0.05) is 44.3 Å². The maximum absolute atomic E-state index is 12.3. The summed E-state index contributed by atoms with van der Waals surface area (Å²) < 4.78 is 0. The lowest BCUT2D eigenvalue weighted by atomic mass is 10.0. The number of carbonyl (C=O) groups is 2. The first-order valence-corrected chi connectivity index (χ1v) is 8.80. The summed E-state index contributed by atoms with van der Waals surface area (Å²) in [4.78, 5) is 33.7. The van der Waals surface area contributed by atoms with Crippen LogP contribution in [0.15, 0.2) is 42.9 Å². The van der Waals surface area contributed by atoms with Crippen molar-refractivity contribution in [1.82, 2.24) is 20.2 Å². The minimum atomic E-state index is -0.601. The molecule has 136 valence electrons. The van der Waals surface area contributed by atoms with Crippen LogP contribution >= 0.6 is 0 Å². The highest BCUT2D eigenvalue weighted by molar-refractivity contribution is 5.95. The third-order valence-electron chi connectivity index (χ3n) is 4.67. The Hall–Kier alpha value is -2.80. The molecule has 0 aromatic carbocycles. The number of carbonyl (C=O) groups excluding carboxylic acids is 2. The Morgan fingerprint density at radius 3 is 2.50 bits per heavy atom. The van der Waals surface area contributed by atoms with Crippen LogP contribution in [0.25, 0.3) is 0 Å². The Morgan fingerprint density at radius 2 is 1.88 bits per heavy atom. The van der Waals surface area contributed by atoms with Gasteiger partial charge >= 0.3 is 0 Å². The van der Waals surface area contributed by atoms with E-state index in [4.69, 9.17) is 5.73 Å². The summed E-state index contributed by atoms with van der Waals surface area (Å²) in [6.07, 6.45) is 7.89. The third kappa shape index (κ3) is 4.86. The number of nitrogens with two attached hydrogens (primary N) is 1. The van der Waals surface area contributed by atoms with Gasteiger partial charge in [-0.1, -0.05) is 0 Å². The van der Waals surface area contributed by atoms with E-state index in [9.17, 15) is 9.59 Å². The Kier molecular flexibility index (Phi) is 5.91. The van der Waals surface area contributed by atoms with E-state index in [-0.39, 0.29) is 17.6 Å². The fraction of sp³-hybridized carbons (Fsp3) is 0.368. The van der Waals surface area contributed by atoms with Crippen molar-refractivity contribution in [1.29, 1.82) is 0 Å². The quantitative estimate of drug-likeness (QED) is 0.807. The average Bonchev–Trinajstić information content (AvgIpc) is 2.68. The molecule has 0 spiro atoms. The molecule has 1 aliphatic heterocycles. The zero-order chi connectivity index (χ0) is 18.4. The van der Waals surface area contributed by atoms with E-state index in [1.807, 2.05) is 24.5 Å². The van der Waals surface area contributed by atoms with Crippen molar-refractivity contribution in [3.63, 3.8) is 0 Å². The van der Waals surface area contributed by atoms with Gasteiger partial charge in [-0.15, -0.1) is 0 Å². The number of primary amides is 1. The van der Waals surface area contributed by atoms with Gasteiger partial charge in [-0.2, -0.15) is 0 Å². The maximum Gasteiger partial charge on any atom is 0.267 e. The summed E-state index contributed by atoms with van der Waals surface area (Å²) in [5, 5.41) is 3.05. The van der Waals surface area contributed by atoms with Crippen molar-refractivity contribution in [2.45, 2.75) is 25.3 Å². The molecule has 1 aliphatic rings. The molecule has 2 aromatic heterocycles. The van der Waals surface area contributed by atoms with Crippen LogP contribution in [-0.4, -0.2) is 52.4 Å². The topological polar surface area (TPSA) is 101 Å². The first-order chi connectivity index (χ1) is 12.6. The number of nitrogens with one attached hydrogen (secondary N) is 1. The molecule has 3 heterocycles. The van der Waals surface area contributed by atoms with E-state index in [0.29, 0.717) is 5.56 Å². The van der Waals surface area contributed by atoms with E-state index in [2.05, 4.69) is 20.2 Å². The number of pyridine rings is 2. The highest BCUT2D eigenvalue weighted by atomic mass is 16.2. The van der Waals surface area contributed by atoms with Crippen LogP contribution in [0.2, 0.25) is 0 Å². The molecule has 1 fully saturated rings. The van der Waals surface area contributed by atoms with Gasteiger partial charge in [-0.3, -0.25) is 19.6 Å². The zero-order valence-corrected chi connectivity index (χ0v) is 14.6. The molecule has 3 rings (SSSR count). The molecule has 26 heavy (non-hydrogen) atoms. The van der Waals surface area contributed by atoms with E-state index in [1.54, 1.807) is 6.07 Å². The SMILES string of the molecule is NC(=O)c1ccc(C(=O)NC2CCN(CCc3ccncc3)CC2)cn1. The second-order valence-corrected chi connectivity index (χ2v) is 6.49. The molecular weight excluding hydrogens is 330 g/mol. The summed E-state index contributed by atoms with van der Waals surface area (Å²) in [5.41, 5.74) is 7.04. The van der Waals surface area contributed by atoms with Gasteiger partial charge in [0.2, 0.25) is 0 Å². The molecule has 0 bridgehead atoms. The minimum Gasteiger partial charge on any atom is -0.364 e. The van der Waals surface area contributed by atoms with Crippen LogP contribution in [0.5, 0.6) is 0 Å². The number of aromatic nitrogens is 2. The molecule has 2 amide bonds. The monoisotopic (exact) mass is 353 g/mol. The van der Waals surface area contributed by atoms with Gasteiger partial charge in [-0.25, -0.2) is 0 Å². The van der Waals surface area contributed by atoms with Gasteiger partial charge in [0.25, 0.3) is 11.8 Å². The van der Waals surface area contributed by atoms with Crippen molar-refractivity contribution >= 4 is 11.8 Å². The van der Waals surface area contributed by atoms with Crippen molar-refractivity contribution < 1.29 is 9.59 Å². The van der Waals surface area contributed by atoms with Gasteiger partial charge in [0.05, 0.1) is 5.56 Å². The van der Waals surface area contributed by atoms with Gasteiger partial charge < -0.3 is 16.0 Å². The predicted octanol–water partition coefficient (Wildman–Crippen LogP) is 1.01. The van der Waals surface area contributed by atoms with Crippen LogP contribution in [-0.2, 0) is 6.42 Å². The first-order valence-electron chi connectivity index (χ1n) is 8.80. The summed E-state index contributed by atoms with van der Waals surface area (Å²) >= 11 is 0. The van der Waals surface area contributed by atoms with Gasteiger partial charge in [-0.05, 0) is 49.1 Å². The highest BCUT2D eigenvalue weighted by Crippen LogP contribution is 2.12. The van der Waals surface area contributed by atoms with E-state index in [0.717, 1.165) is 38.9 Å². The highest BCUT2D eigenvalue weighted by Gasteiger charge is 2.21. The number of amides is 2. The van der Waals surface area contributed by atoms with Crippen molar-refractivity contribution in [2.24, 2.45) is 5.73 Å². The van der Waals surface area contributed by atoms with Crippen molar-refractivity contribution in [3.05, 3.63) is 59.7 Å². The third-order valence-corrected chi connectivity index (χ3v) is 4.67. The van der Waals surface area contributed by atoms with Crippen LogP contribution in [0, 0.1) is 0 Å². The molecule has 7 nitrogen and oxygen atoms in total. The predicted molar refractivity (Wildman–Crippen MR) is 97.6 cm³/mol. The van der Waals surface area contributed by atoms with Crippen molar-refractivity contribution in [3.8, 4) is 0 Å². The second kappa shape index (κ2) is 8.53. The summed E-state index contributed by atoms with van der Waals surface area (Å²) in [7, 11) is 0. The standard InChI is InChI=1S/C19H23N5O2/c20-18(25)17-2-1-15(13-22-17)19(26)23-16-6-11-24(12-7-16)10-5-14-3-8-21-9-4-14/h1-4,8-9,13,16H,5-7,10-12H2,(H2,20,25)(H,23,26). The van der Waals surface area contributed by atoms with E-state index >= 15 is 0 Å². The van der Waals surface area contributed by atoms with E-state index < -0.39 is 5.91 Å². The van der Waals surface area contributed by atoms with Gasteiger partial charge in [0.15, 0.2) is 0 Å². The van der Waals surface area contributed by atoms with Crippen LogP contribution in [0.3, 0.4) is 0 Å². The number of hydrogen-bond acceptors (Lipinski definition) is 5. The lowest BCUT2D eigenvalue weighted by molar-refractivity contribution is 0.0909. The van der Waals surface area contributed by atoms with Crippen LogP contribution in [0.1, 0.15) is 39.3 Å². The molecule has 0 radical (unpaired) electrons. The van der Waals surface area contributed by atoms with Crippen molar-refractivity contribution in [2.75, 3.05) is 19.6 Å². The number of piperidine rings is 1. The number of nitrogens with zero attached hydrogens (tertiary/aromatic N) is 3. The Bertz CT molecular complexity index is 740. The maximum atomic E-state index is 12.3. The lowest BCUT2D eigenvalue weighted by Gasteiger charge is -2.32. The molecule has 0 saturated carbocycles. The minimum absolute atomic E-state index is 0.157. The molecular formula is C19H23N5O2. The molecule has 3 N–H and O–H groups in total. The van der Waals surface area contributed by atoms with Gasteiger partial charge in [0.1, 0.15) is 5.69 Å². The number of likely N-dealkylation sites (tertiary alicyclic amines) is 1. The van der Waals surface area contributed by atoms with E-state index in [1.165, 1.54) is 17.8 Å². The summed E-state index contributed by atoms with van der Waals surface area (Å²) in [6, 6.07) is 7.30. The molecule has 2 aromatic rings. The zero-order valence-electron chi connectivity index (χ0n) is 14.6. The summed E-state index contributed by atoms with van der Waals surface area (Å²) in [6.45, 7) is 2.95. The largest absolute Gasteiger partial charge is 0.364 e. The Morgan fingerprint density at radius 1 is 1.15 bits per heavy atom. The normalized spacial score (nSPS) is 15.5. The molecule has 1 saturated heterocycles. The smallest absolute Gasteiger partial charge is 0.267 e. The lowest BCUT2D eigenvalue weighted by Crippen LogP contribution is -2.45. The second-order valence-electron chi connectivity index (χ2n) is 6.49. The summed E-state index contributed by atoms with van der Waals surface area (Å²) in [5.74, 6) is -0.764. The van der Waals surface area contributed by atoms with Crippen LogP contribution < -0.4 is 11.1 Å². The molecule has 0 aliphatic carbocycles. The number of rotatable bonds is 6. The fourth-order valence-electron chi connectivity index (χ4n) is 3.08. The Balaban J connectivity index is 1.43. The van der Waals surface area contributed by atoms with Crippen LogP contribution in [0.4, 0.5) is 0 Å². The average molecular weight is 353 g/mol. The molecule has 0 unspecified atom stereocenters. The molecule has 0 atom stereocenters. The number of hydrogen-bond donors (Lipinski definition) is 2. The first kappa shape index (κ1) is 18.0. The Labute approximate surface area is 152 Å².